The highest BCUT2D eigenvalue weighted by Crippen LogP contribution is 2.28. The third-order valence-corrected chi connectivity index (χ3v) is 4.31. The van der Waals surface area contributed by atoms with Crippen molar-refractivity contribution in [2.24, 2.45) is 0 Å². The van der Waals surface area contributed by atoms with Crippen molar-refractivity contribution in [2.75, 3.05) is 0 Å². The molecule has 0 saturated heterocycles. The van der Waals surface area contributed by atoms with Gasteiger partial charge in [-0.25, -0.2) is 9.67 Å². The fourth-order valence-electron chi connectivity index (χ4n) is 2.10. The first-order chi connectivity index (χ1) is 9.90. The molecule has 2 aromatic heterocycles. The van der Waals surface area contributed by atoms with Crippen LogP contribution in [0.2, 0.25) is 0 Å². The van der Waals surface area contributed by atoms with Gasteiger partial charge in [-0.15, -0.1) is 11.3 Å². The normalized spacial score (nSPS) is 12.0. The molecule has 2 rings (SSSR count). The number of hydrogen-bond acceptors (Lipinski definition) is 5. The zero-order valence-electron chi connectivity index (χ0n) is 12.7. The molecule has 0 amide bonds. The lowest BCUT2D eigenvalue weighted by Crippen LogP contribution is -2.07. The van der Waals surface area contributed by atoms with Crippen molar-refractivity contribution >= 4 is 30.8 Å². The van der Waals surface area contributed by atoms with E-state index in [1.54, 1.807) is 4.68 Å². The van der Waals surface area contributed by atoms with Gasteiger partial charge in [-0.2, -0.15) is 10.4 Å². The second kappa shape index (κ2) is 5.74. The van der Waals surface area contributed by atoms with Gasteiger partial charge >= 0.3 is 8.05 Å². The SMILES string of the molecule is [B]OC(=C(C#N)c1nc(C)sc1C)n1nc(C)c(C)c1C. The first kappa shape index (κ1) is 15.3. The van der Waals surface area contributed by atoms with Gasteiger partial charge in [0.05, 0.1) is 10.7 Å². The fraction of sp³-hybridized carbons (Fsp3) is 0.357. The van der Waals surface area contributed by atoms with Crippen LogP contribution in [-0.4, -0.2) is 22.8 Å². The number of thiazole rings is 1. The Morgan fingerprint density at radius 2 is 1.95 bits per heavy atom. The highest BCUT2D eigenvalue weighted by molar-refractivity contribution is 7.11. The maximum absolute atomic E-state index is 9.52. The molecule has 2 radical (unpaired) electrons. The molecular weight excluding hydrogens is 283 g/mol. The van der Waals surface area contributed by atoms with Crippen LogP contribution >= 0.6 is 11.3 Å². The third-order valence-electron chi connectivity index (χ3n) is 3.42. The summed E-state index contributed by atoms with van der Waals surface area (Å²) in [5.74, 6) is 0.194. The van der Waals surface area contributed by atoms with Crippen molar-refractivity contribution in [3.05, 3.63) is 32.5 Å². The topological polar surface area (TPSA) is 63.7 Å². The van der Waals surface area contributed by atoms with Crippen LogP contribution in [0.5, 0.6) is 0 Å². The molecule has 2 heterocycles. The Labute approximate surface area is 129 Å². The fourth-order valence-corrected chi connectivity index (χ4v) is 2.92. The minimum Gasteiger partial charge on any atom is -0.554 e. The van der Waals surface area contributed by atoms with E-state index in [4.69, 9.17) is 12.7 Å². The van der Waals surface area contributed by atoms with Crippen molar-refractivity contribution in [1.82, 2.24) is 14.8 Å². The second-order valence-electron chi connectivity index (χ2n) is 4.76. The van der Waals surface area contributed by atoms with Crippen molar-refractivity contribution in [1.29, 1.82) is 5.26 Å². The van der Waals surface area contributed by atoms with E-state index in [9.17, 15) is 5.26 Å². The summed E-state index contributed by atoms with van der Waals surface area (Å²) in [5.41, 5.74) is 3.65. The van der Waals surface area contributed by atoms with Crippen LogP contribution in [0, 0.1) is 45.9 Å². The quantitative estimate of drug-likeness (QED) is 0.496. The summed E-state index contributed by atoms with van der Waals surface area (Å²) >= 11 is 1.53. The second-order valence-corrected chi connectivity index (χ2v) is 6.16. The molecule has 0 N–H and O–H groups in total. The van der Waals surface area contributed by atoms with Crippen molar-refractivity contribution in [2.45, 2.75) is 34.6 Å². The molecule has 21 heavy (non-hydrogen) atoms. The largest absolute Gasteiger partial charge is 0.554 e. The minimum atomic E-state index is 0.194. The first-order valence-corrected chi connectivity index (χ1v) is 7.21. The van der Waals surface area contributed by atoms with Gasteiger partial charge in [0, 0.05) is 10.6 Å². The predicted octanol–water partition coefficient (Wildman–Crippen LogP) is 2.83. The minimum absolute atomic E-state index is 0.194. The van der Waals surface area contributed by atoms with Crippen LogP contribution in [0.25, 0.3) is 11.5 Å². The lowest BCUT2D eigenvalue weighted by molar-refractivity contribution is 0.508. The molecule has 0 spiro atoms. The van der Waals surface area contributed by atoms with E-state index in [0.717, 1.165) is 26.8 Å². The van der Waals surface area contributed by atoms with Gasteiger partial charge in [-0.05, 0) is 40.2 Å². The van der Waals surface area contributed by atoms with Crippen molar-refractivity contribution in [3.63, 3.8) is 0 Å². The molecule has 0 unspecified atom stereocenters. The van der Waals surface area contributed by atoms with Crippen LogP contribution in [0.4, 0.5) is 0 Å². The number of hydrogen-bond donors (Lipinski definition) is 0. The van der Waals surface area contributed by atoms with Crippen LogP contribution in [0.3, 0.4) is 0 Å². The van der Waals surface area contributed by atoms with Gasteiger partial charge in [0.1, 0.15) is 17.3 Å². The molecule has 0 bridgehead atoms. The molecule has 0 aliphatic heterocycles. The molecule has 106 valence electrons. The van der Waals surface area contributed by atoms with Crippen molar-refractivity contribution in [3.8, 4) is 6.07 Å². The van der Waals surface area contributed by atoms with Gasteiger partial charge in [0.25, 0.3) is 0 Å². The molecule has 0 atom stereocenters. The summed E-state index contributed by atoms with van der Waals surface area (Å²) in [7, 11) is 5.41. The summed E-state index contributed by atoms with van der Waals surface area (Å²) in [4.78, 5) is 5.34. The Hall–Kier alpha value is -2.07. The summed E-state index contributed by atoms with van der Waals surface area (Å²) < 4.78 is 6.53. The van der Waals surface area contributed by atoms with E-state index in [2.05, 4.69) is 16.2 Å². The number of rotatable bonds is 3. The molecule has 0 saturated carbocycles. The van der Waals surface area contributed by atoms with Gasteiger partial charge < -0.3 is 4.65 Å². The first-order valence-electron chi connectivity index (χ1n) is 6.39. The van der Waals surface area contributed by atoms with E-state index in [-0.39, 0.29) is 11.5 Å². The van der Waals surface area contributed by atoms with Crippen molar-refractivity contribution < 1.29 is 4.65 Å². The lowest BCUT2D eigenvalue weighted by atomic mass is 10.2. The Bertz CT molecular complexity index is 767. The van der Waals surface area contributed by atoms with Gasteiger partial charge in [-0.3, -0.25) is 0 Å². The summed E-state index contributed by atoms with van der Waals surface area (Å²) in [5, 5.41) is 14.8. The Morgan fingerprint density at radius 3 is 2.33 bits per heavy atom. The third kappa shape index (κ3) is 2.59. The predicted molar refractivity (Wildman–Crippen MR) is 83.6 cm³/mol. The summed E-state index contributed by atoms with van der Waals surface area (Å²) in [6, 6.07) is 2.14. The standard InChI is InChI=1S/C14H15BN4OS/c1-7-8(2)18-19(9(7)3)14(20-15)12(6-16)13-10(4)21-11(5)17-13/h1-5H3. The van der Waals surface area contributed by atoms with Gasteiger partial charge in [0.2, 0.25) is 5.88 Å². The maximum atomic E-state index is 9.52. The molecule has 2 aromatic rings. The van der Waals surface area contributed by atoms with E-state index in [1.165, 1.54) is 11.3 Å². The molecule has 5 nitrogen and oxygen atoms in total. The van der Waals surface area contributed by atoms with E-state index < -0.39 is 0 Å². The van der Waals surface area contributed by atoms with Crippen LogP contribution in [-0.2, 0) is 4.65 Å². The molecular formula is C14H15BN4OS. The van der Waals surface area contributed by atoms with Crippen LogP contribution in [0.1, 0.15) is 32.5 Å². The monoisotopic (exact) mass is 298 g/mol. The number of nitriles is 1. The van der Waals surface area contributed by atoms with E-state index >= 15 is 0 Å². The van der Waals surface area contributed by atoms with Crippen LogP contribution in [0.15, 0.2) is 0 Å². The smallest absolute Gasteiger partial charge is 0.376 e. The van der Waals surface area contributed by atoms with Gasteiger partial charge in [0.15, 0.2) is 0 Å². The number of aryl methyl sites for hydroxylation is 3. The summed E-state index contributed by atoms with van der Waals surface area (Å²) in [6.45, 7) is 9.58. The average Bonchev–Trinajstić information content (AvgIpc) is 2.90. The molecule has 0 aliphatic carbocycles. The molecule has 0 aromatic carbocycles. The zero-order valence-corrected chi connectivity index (χ0v) is 13.5. The molecule has 0 fully saturated rings. The summed E-state index contributed by atoms with van der Waals surface area (Å²) in [6.07, 6.45) is 0. The van der Waals surface area contributed by atoms with Gasteiger partial charge in [-0.1, -0.05) is 0 Å². The number of allylic oxidation sites excluding steroid dienone is 1. The van der Waals surface area contributed by atoms with E-state index in [0.29, 0.717) is 5.69 Å². The lowest BCUT2D eigenvalue weighted by Gasteiger charge is -2.11. The zero-order chi connectivity index (χ0) is 15.7. The Kier molecular flexibility index (Phi) is 4.19. The Balaban J connectivity index is 2.73. The highest BCUT2D eigenvalue weighted by atomic mass is 32.1. The average molecular weight is 298 g/mol. The number of aromatic nitrogens is 3. The number of nitrogens with zero attached hydrogens (tertiary/aromatic N) is 4. The molecule has 0 aliphatic rings. The molecule has 7 heteroatoms. The maximum Gasteiger partial charge on any atom is 0.376 e. The highest BCUT2D eigenvalue weighted by Gasteiger charge is 2.20. The van der Waals surface area contributed by atoms with E-state index in [1.807, 2.05) is 34.6 Å². The van der Waals surface area contributed by atoms with Crippen LogP contribution < -0.4 is 0 Å². The Morgan fingerprint density at radius 1 is 1.29 bits per heavy atom.